The first-order valence-corrected chi connectivity index (χ1v) is 10.6. The summed E-state index contributed by atoms with van der Waals surface area (Å²) in [6.45, 7) is 3.57. The number of amides is 1. The van der Waals surface area contributed by atoms with E-state index in [0.717, 1.165) is 16.9 Å². The Kier molecular flexibility index (Phi) is 7.59. The molecule has 1 atom stereocenters. The monoisotopic (exact) mass is 462 g/mol. The van der Waals surface area contributed by atoms with Crippen LogP contribution in [0.5, 0.6) is 5.75 Å². The Labute approximate surface area is 188 Å². The van der Waals surface area contributed by atoms with Gasteiger partial charge < -0.3 is 14.8 Å². The minimum atomic E-state index is -0.997. The fourth-order valence-electron chi connectivity index (χ4n) is 2.58. The summed E-state index contributed by atoms with van der Waals surface area (Å²) < 4.78 is 23.9. The Bertz CT molecular complexity index is 1050. The molecule has 0 aliphatic carbocycles. The molecule has 0 spiro atoms. The Hall–Kier alpha value is -2.97. The lowest BCUT2D eigenvalue weighted by Gasteiger charge is -2.13. The maximum atomic E-state index is 12.9. The number of carbonyl (C=O) groups excluding carboxylic acids is 2. The highest BCUT2D eigenvalue weighted by Crippen LogP contribution is 2.22. The third-order valence-electron chi connectivity index (χ3n) is 4.24. The van der Waals surface area contributed by atoms with Crippen LogP contribution in [0.2, 0.25) is 5.02 Å². The largest absolute Gasteiger partial charge is 0.486 e. The van der Waals surface area contributed by atoms with Crippen molar-refractivity contribution in [1.82, 2.24) is 10.3 Å². The lowest BCUT2D eigenvalue weighted by atomic mass is 10.2. The van der Waals surface area contributed by atoms with Crippen molar-refractivity contribution in [1.29, 1.82) is 0 Å². The van der Waals surface area contributed by atoms with E-state index in [0.29, 0.717) is 26.4 Å². The molecule has 1 N–H and O–H groups in total. The number of halogens is 2. The molecule has 0 radical (unpaired) electrons. The van der Waals surface area contributed by atoms with E-state index in [1.165, 1.54) is 19.1 Å². The number of nitrogens with one attached hydrogen (secondary N) is 1. The quantitative estimate of drug-likeness (QED) is 0.491. The van der Waals surface area contributed by atoms with Crippen molar-refractivity contribution in [2.24, 2.45) is 0 Å². The Morgan fingerprint density at radius 3 is 2.52 bits per heavy atom. The van der Waals surface area contributed by atoms with Crippen LogP contribution < -0.4 is 10.1 Å². The van der Waals surface area contributed by atoms with Gasteiger partial charge >= 0.3 is 5.97 Å². The third kappa shape index (κ3) is 6.50. The second-order valence-electron chi connectivity index (χ2n) is 6.66. The van der Waals surface area contributed by atoms with Crippen molar-refractivity contribution in [2.75, 3.05) is 0 Å². The molecule has 0 saturated carbocycles. The molecule has 0 aliphatic heterocycles. The molecule has 0 saturated heterocycles. The Balaban J connectivity index is 1.52. The lowest BCUT2D eigenvalue weighted by Crippen LogP contribution is -2.35. The van der Waals surface area contributed by atoms with E-state index in [1.54, 1.807) is 43.3 Å². The fraction of sp³-hybridized carbons (Fsp3) is 0.227. The first-order valence-electron chi connectivity index (χ1n) is 9.39. The van der Waals surface area contributed by atoms with Crippen LogP contribution in [-0.4, -0.2) is 23.0 Å². The summed E-state index contributed by atoms with van der Waals surface area (Å²) in [6.07, 6.45) is -0.997. The van der Waals surface area contributed by atoms with Gasteiger partial charge in [-0.25, -0.2) is 14.2 Å². The molecule has 2 aromatic carbocycles. The van der Waals surface area contributed by atoms with Crippen molar-refractivity contribution < 1.29 is 23.5 Å². The fourth-order valence-corrected chi connectivity index (χ4v) is 3.57. The summed E-state index contributed by atoms with van der Waals surface area (Å²) >= 11 is 7.00. The highest BCUT2D eigenvalue weighted by Gasteiger charge is 2.22. The zero-order chi connectivity index (χ0) is 22.4. The normalized spacial score (nSPS) is 11.6. The standard InChI is InChI=1S/C22H20ClFN2O4S/c1-13-20(31-19(26-13)12-29-18-9-5-16(23)6-10-18)22(28)30-14(2)21(27)25-11-15-3-7-17(24)8-4-15/h3-10,14H,11-12H2,1-2H3,(H,25,27). The third-order valence-corrected chi connectivity index (χ3v) is 5.60. The van der Waals surface area contributed by atoms with Gasteiger partial charge in [0, 0.05) is 11.6 Å². The zero-order valence-electron chi connectivity index (χ0n) is 16.9. The van der Waals surface area contributed by atoms with Crippen molar-refractivity contribution in [3.8, 4) is 5.75 Å². The highest BCUT2D eigenvalue weighted by molar-refractivity contribution is 7.13. The van der Waals surface area contributed by atoms with Crippen LogP contribution in [0.3, 0.4) is 0 Å². The molecule has 3 rings (SSSR count). The summed E-state index contributed by atoms with van der Waals surface area (Å²) in [5, 5.41) is 3.87. The van der Waals surface area contributed by atoms with Gasteiger partial charge in [0.05, 0.1) is 5.69 Å². The van der Waals surface area contributed by atoms with Gasteiger partial charge in [0.1, 0.15) is 28.1 Å². The number of hydrogen-bond acceptors (Lipinski definition) is 6. The molecule has 1 amide bonds. The smallest absolute Gasteiger partial charge is 0.351 e. The number of nitrogens with zero attached hydrogens (tertiary/aromatic N) is 1. The molecule has 0 aliphatic rings. The number of thiazole rings is 1. The van der Waals surface area contributed by atoms with Crippen LogP contribution in [0.25, 0.3) is 0 Å². The second-order valence-corrected chi connectivity index (χ2v) is 8.18. The van der Waals surface area contributed by atoms with Crippen LogP contribution in [0.15, 0.2) is 48.5 Å². The predicted molar refractivity (Wildman–Crippen MR) is 116 cm³/mol. The summed E-state index contributed by atoms with van der Waals surface area (Å²) in [5.41, 5.74) is 1.24. The van der Waals surface area contributed by atoms with Crippen molar-refractivity contribution in [3.05, 3.63) is 80.5 Å². The highest BCUT2D eigenvalue weighted by atomic mass is 35.5. The van der Waals surface area contributed by atoms with Crippen molar-refractivity contribution in [3.63, 3.8) is 0 Å². The van der Waals surface area contributed by atoms with Gasteiger partial charge in [-0.2, -0.15) is 0 Å². The topological polar surface area (TPSA) is 77.5 Å². The van der Waals surface area contributed by atoms with Gasteiger partial charge in [-0.1, -0.05) is 23.7 Å². The number of hydrogen-bond donors (Lipinski definition) is 1. The minimum absolute atomic E-state index is 0.189. The minimum Gasteiger partial charge on any atom is -0.486 e. The maximum absolute atomic E-state index is 12.9. The number of aromatic nitrogens is 1. The molecular weight excluding hydrogens is 443 g/mol. The lowest BCUT2D eigenvalue weighted by molar-refractivity contribution is -0.129. The Morgan fingerprint density at radius 2 is 1.84 bits per heavy atom. The average molecular weight is 463 g/mol. The van der Waals surface area contributed by atoms with Gasteiger partial charge in [0.25, 0.3) is 5.91 Å². The summed E-state index contributed by atoms with van der Waals surface area (Å²) in [4.78, 5) is 29.4. The maximum Gasteiger partial charge on any atom is 0.351 e. The molecular formula is C22H20ClFN2O4S. The first-order chi connectivity index (χ1) is 14.8. The van der Waals surface area contributed by atoms with Gasteiger partial charge in [0.15, 0.2) is 6.10 Å². The Morgan fingerprint density at radius 1 is 1.16 bits per heavy atom. The van der Waals surface area contributed by atoms with Crippen LogP contribution in [-0.2, 0) is 22.7 Å². The van der Waals surface area contributed by atoms with E-state index in [9.17, 15) is 14.0 Å². The molecule has 1 aromatic heterocycles. The van der Waals surface area contributed by atoms with Crippen LogP contribution in [0.1, 0.15) is 32.9 Å². The average Bonchev–Trinajstić information content (AvgIpc) is 3.13. The molecule has 1 heterocycles. The molecule has 9 heteroatoms. The number of carbonyl (C=O) groups is 2. The van der Waals surface area contributed by atoms with Crippen molar-refractivity contribution in [2.45, 2.75) is 33.1 Å². The molecule has 1 unspecified atom stereocenters. The van der Waals surface area contributed by atoms with Crippen molar-refractivity contribution >= 4 is 34.8 Å². The molecule has 0 fully saturated rings. The number of benzene rings is 2. The predicted octanol–water partition coefficient (Wildman–Crippen LogP) is 4.68. The molecule has 31 heavy (non-hydrogen) atoms. The molecule has 162 valence electrons. The van der Waals surface area contributed by atoms with E-state index < -0.39 is 18.0 Å². The summed E-state index contributed by atoms with van der Waals surface area (Å²) in [5.74, 6) is -0.800. The summed E-state index contributed by atoms with van der Waals surface area (Å²) in [6, 6.07) is 12.7. The van der Waals surface area contributed by atoms with Crippen LogP contribution >= 0.6 is 22.9 Å². The SMILES string of the molecule is Cc1nc(COc2ccc(Cl)cc2)sc1C(=O)OC(C)C(=O)NCc1ccc(F)cc1. The second kappa shape index (κ2) is 10.4. The molecule has 6 nitrogen and oxygen atoms in total. The van der Waals surface area contributed by atoms with Gasteiger partial charge in [-0.15, -0.1) is 11.3 Å². The number of esters is 1. The number of ether oxygens (including phenoxy) is 2. The molecule has 0 bridgehead atoms. The van der Waals surface area contributed by atoms with Gasteiger partial charge in [0.2, 0.25) is 0 Å². The molecule has 3 aromatic rings. The summed E-state index contributed by atoms with van der Waals surface area (Å²) in [7, 11) is 0. The number of aryl methyl sites for hydroxylation is 1. The van der Waals surface area contributed by atoms with Gasteiger partial charge in [-0.05, 0) is 55.8 Å². The van der Waals surface area contributed by atoms with E-state index >= 15 is 0 Å². The van der Waals surface area contributed by atoms with Gasteiger partial charge in [-0.3, -0.25) is 4.79 Å². The van der Waals surface area contributed by atoms with E-state index in [-0.39, 0.29) is 19.0 Å². The zero-order valence-corrected chi connectivity index (χ0v) is 18.4. The van der Waals surface area contributed by atoms with E-state index in [2.05, 4.69) is 10.3 Å². The first kappa shape index (κ1) is 22.7. The van der Waals surface area contributed by atoms with E-state index in [4.69, 9.17) is 21.1 Å². The van der Waals surface area contributed by atoms with E-state index in [1.807, 2.05) is 0 Å². The number of rotatable bonds is 8. The van der Waals surface area contributed by atoms with Crippen LogP contribution in [0.4, 0.5) is 4.39 Å². The van der Waals surface area contributed by atoms with Crippen LogP contribution in [0, 0.1) is 12.7 Å².